The molecule has 1 aromatic carbocycles. The molecule has 1 amide bonds. The van der Waals surface area contributed by atoms with Gasteiger partial charge >= 0.3 is 5.97 Å². The Kier molecular flexibility index (Phi) is 5.83. The zero-order valence-corrected chi connectivity index (χ0v) is 11.9. The number of rotatable bonds is 6. The maximum Gasteiger partial charge on any atom is 0.344 e. The highest BCUT2D eigenvalue weighted by Gasteiger charge is 2.18. The minimum Gasteiger partial charge on any atom is -0.480 e. The van der Waals surface area contributed by atoms with E-state index in [-0.39, 0.29) is 18.6 Å². The number of anilines is 1. The van der Waals surface area contributed by atoms with E-state index in [4.69, 9.17) is 15.2 Å². The number of esters is 1. The summed E-state index contributed by atoms with van der Waals surface area (Å²) >= 11 is 0. The number of carbonyl (C=O) groups excluding carboxylic acids is 2. The van der Waals surface area contributed by atoms with Gasteiger partial charge in [0, 0.05) is 6.04 Å². The van der Waals surface area contributed by atoms with Gasteiger partial charge in [-0.2, -0.15) is 0 Å². The highest BCUT2D eigenvalue weighted by atomic mass is 16.6. The third-order valence-corrected chi connectivity index (χ3v) is 2.37. The third-order valence-electron chi connectivity index (χ3n) is 2.37. The van der Waals surface area contributed by atoms with E-state index in [1.54, 1.807) is 24.3 Å². The number of carbonyl (C=O) groups is 2. The van der Waals surface area contributed by atoms with Crippen LogP contribution in [0.2, 0.25) is 0 Å². The molecule has 0 aliphatic carbocycles. The molecule has 0 saturated heterocycles. The van der Waals surface area contributed by atoms with Crippen LogP contribution in [0, 0.1) is 0 Å². The molecular formula is C14H20N2O4. The number of hydrogen-bond donors (Lipinski definition) is 2. The second kappa shape index (κ2) is 7.37. The molecule has 1 aromatic rings. The van der Waals surface area contributed by atoms with Gasteiger partial charge in [0.15, 0.2) is 12.7 Å². The molecule has 0 aliphatic rings. The van der Waals surface area contributed by atoms with Gasteiger partial charge in [-0.1, -0.05) is 12.1 Å². The monoisotopic (exact) mass is 280 g/mol. The molecule has 0 heterocycles. The largest absolute Gasteiger partial charge is 0.480 e. The van der Waals surface area contributed by atoms with E-state index < -0.39 is 12.1 Å². The first-order valence-electron chi connectivity index (χ1n) is 6.37. The second-order valence-electron chi connectivity index (χ2n) is 4.62. The Morgan fingerprint density at radius 3 is 2.50 bits per heavy atom. The number of nitrogens with one attached hydrogen (secondary N) is 1. The summed E-state index contributed by atoms with van der Waals surface area (Å²) in [6, 6.07) is 6.81. The minimum absolute atomic E-state index is 0.0102. The normalized spacial score (nSPS) is 11.8. The van der Waals surface area contributed by atoms with E-state index in [0.717, 1.165) is 0 Å². The molecule has 110 valence electrons. The molecular weight excluding hydrogens is 260 g/mol. The lowest BCUT2D eigenvalue weighted by Gasteiger charge is -2.15. The predicted octanol–water partition coefficient (Wildman–Crippen LogP) is 1.10. The first-order valence-corrected chi connectivity index (χ1v) is 6.37. The highest BCUT2D eigenvalue weighted by Crippen LogP contribution is 2.19. The molecule has 0 aromatic heterocycles. The van der Waals surface area contributed by atoms with Crippen LogP contribution in [0.3, 0.4) is 0 Å². The molecule has 0 fully saturated rings. The van der Waals surface area contributed by atoms with E-state index >= 15 is 0 Å². The van der Waals surface area contributed by atoms with Gasteiger partial charge in [0.2, 0.25) is 0 Å². The molecule has 6 heteroatoms. The van der Waals surface area contributed by atoms with Crippen molar-refractivity contribution in [1.29, 1.82) is 0 Å². The van der Waals surface area contributed by atoms with Gasteiger partial charge in [0.1, 0.15) is 5.75 Å². The van der Waals surface area contributed by atoms with Crippen molar-refractivity contribution >= 4 is 17.6 Å². The van der Waals surface area contributed by atoms with E-state index in [0.29, 0.717) is 11.4 Å². The van der Waals surface area contributed by atoms with Gasteiger partial charge in [0.25, 0.3) is 5.91 Å². The third kappa shape index (κ3) is 5.17. The topological polar surface area (TPSA) is 90.6 Å². The van der Waals surface area contributed by atoms with Crippen molar-refractivity contribution < 1.29 is 19.1 Å². The second-order valence-corrected chi connectivity index (χ2v) is 4.62. The van der Waals surface area contributed by atoms with Crippen LogP contribution in [0.4, 0.5) is 5.69 Å². The van der Waals surface area contributed by atoms with Crippen molar-refractivity contribution in [3.05, 3.63) is 24.3 Å². The Morgan fingerprint density at radius 2 is 1.90 bits per heavy atom. The van der Waals surface area contributed by atoms with Crippen molar-refractivity contribution in [1.82, 2.24) is 5.32 Å². The van der Waals surface area contributed by atoms with Gasteiger partial charge in [-0.05, 0) is 32.9 Å². The number of ether oxygens (including phenoxy) is 2. The molecule has 1 atom stereocenters. The Labute approximate surface area is 118 Å². The minimum atomic E-state index is -0.860. The van der Waals surface area contributed by atoms with Gasteiger partial charge in [-0.15, -0.1) is 0 Å². The fourth-order valence-electron chi connectivity index (χ4n) is 1.44. The molecule has 0 aliphatic heterocycles. The van der Waals surface area contributed by atoms with Gasteiger partial charge in [-0.25, -0.2) is 4.79 Å². The summed E-state index contributed by atoms with van der Waals surface area (Å²) in [4.78, 5) is 23.1. The van der Waals surface area contributed by atoms with Gasteiger partial charge in [0.05, 0.1) is 5.69 Å². The first-order chi connectivity index (χ1) is 9.40. The highest BCUT2D eigenvalue weighted by molar-refractivity contribution is 5.83. The quantitative estimate of drug-likeness (QED) is 0.601. The molecule has 1 rings (SSSR count). The molecule has 0 spiro atoms. The Balaban J connectivity index is 2.40. The van der Waals surface area contributed by atoms with E-state index in [9.17, 15) is 9.59 Å². The maximum absolute atomic E-state index is 11.6. The lowest BCUT2D eigenvalue weighted by atomic mass is 10.3. The molecule has 0 radical (unpaired) electrons. The Hall–Kier alpha value is -2.24. The summed E-state index contributed by atoms with van der Waals surface area (Å²) in [6.45, 7) is 4.86. The van der Waals surface area contributed by atoms with Crippen LogP contribution in [0.15, 0.2) is 24.3 Å². The number of benzene rings is 1. The van der Waals surface area contributed by atoms with Crippen LogP contribution in [-0.2, 0) is 14.3 Å². The SMILES string of the molecule is CC(C)NC(=O)C(C)OC(=O)COc1ccccc1N. The summed E-state index contributed by atoms with van der Waals surface area (Å²) in [5.74, 6) is -0.559. The Morgan fingerprint density at radius 1 is 1.25 bits per heavy atom. The molecule has 3 N–H and O–H groups in total. The number of para-hydroxylation sites is 2. The van der Waals surface area contributed by atoms with Crippen LogP contribution in [0.25, 0.3) is 0 Å². The Bertz CT molecular complexity index is 474. The molecule has 20 heavy (non-hydrogen) atoms. The zero-order valence-electron chi connectivity index (χ0n) is 11.9. The molecule has 1 unspecified atom stereocenters. The van der Waals surface area contributed by atoms with E-state index in [2.05, 4.69) is 5.32 Å². The smallest absolute Gasteiger partial charge is 0.344 e. The van der Waals surface area contributed by atoms with Crippen LogP contribution in [0.5, 0.6) is 5.75 Å². The molecule has 0 bridgehead atoms. The zero-order chi connectivity index (χ0) is 15.1. The lowest BCUT2D eigenvalue weighted by Crippen LogP contribution is -2.40. The number of amides is 1. The number of nitrogen functional groups attached to an aromatic ring is 1. The molecule has 6 nitrogen and oxygen atoms in total. The van der Waals surface area contributed by atoms with Crippen LogP contribution in [0.1, 0.15) is 20.8 Å². The van der Waals surface area contributed by atoms with E-state index in [1.807, 2.05) is 13.8 Å². The number of hydrogen-bond acceptors (Lipinski definition) is 5. The average molecular weight is 280 g/mol. The van der Waals surface area contributed by atoms with E-state index in [1.165, 1.54) is 6.92 Å². The predicted molar refractivity (Wildman–Crippen MR) is 75.2 cm³/mol. The number of nitrogens with two attached hydrogens (primary N) is 1. The summed E-state index contributed by atoms with van der Waals surface area (Å²) in [6.07, 6.45) is -0.860. The van der Waals surface area contributed by atoms with Gasteiger partial charge < -0.3 is 20.5 Å². The lowest BCUT2D eigenvalue weighted by molar-refractivity contribution is -0.156. The summed E-state index contributed by atoms with van der Waals surface area (Å²) in [7, 11) is 0. The summed E-state index contributed by atoms with van der Waals surface area (Å²) in [5.41, 5.74) is 6.11. The fraction of sp³-hybridized carbons (Fsp3) is 0.429. The van der Waals surface area contributed by atoms with Crippen molar-refractivity contribution in [3.8, 4) is 5.75 Å². The van der Waals surface area contributed by atoms with Crippen molar-refractivity contribution in [3.63, 3.8) is 0 Å². The van der Waals surface area contributed by atoms with Crippen LogP contribution in [-0.4, -0.2) is 30.6 Å². The van der Waals surface area contributed by atoms with Crippen LogP contribution >= 0.6 is 0 Å². The van der Waals surface area contributed by atoms with Crippen molar-refractivity contribution in [2.45, 2.75) is 32.9 Å². The van der Waals surface area contributed by atoms with Crippen LogP contribution < -0.4 is 15.8 Å². The van der Waals surface area contributed by atoms with Gasteiger partial charge in [-0.3, -0.25) is 4.79 Å². The fourth-order valence-corrected chi connectivity index (χ4v) is 1.44. The summed E-state index contributed by atoms with van der Waals surface area (Å²) in [5, 5.41) is 2.65. The average Bonchev–Trinajstić information content (AvgIpc) is 2.37. The summed E-state index contributed by atoms with van der Waals surface area (Å²) < 4.78 is 10.2. The maximum atomic E-state index is 11.6. The molecule has 0 saturated carbocycles. The first kappa shape index (κ1) is 15.8. The standard InChI is InChI=1S/C14H20N2O4/c1-9(2)16-14(18)10(3)20-13(17)8-19-12-7-5-4-6-11(12)15/h4-7,9-10H,8,15H2,1-3H3,(H,16,18). The van der Waals surface area contributed by atoms with Crippen molar-refractivity contribution in [2.24, 2.45) is 0 Å². The van der Waals surface area contributed by atoms with Crippen molar-refractivity contribution in [2.75, 3.05) is 12.3 Å².